The third kappa shape index (κ3) is 6.95. The van der Waals surface area contributed by atoms with E-state index in [-0.39, 0.29) is 17.8 Å². The van der Waals surface area contributed by atoms with Crippen LogP contribution in [0.5, 0.6) is 5.75 Å². The van der Waals surface area contributed by atoms with Crippen molar-refractivity contribution < 1.29 is 23.4 Å². The molecule has 2 unspecified atom stereocenters. The van der Waals surface area contributed by atoms with Gasteiger partial charge in [0.25, 0.3) is 6.29 Å². The third-order valence-electron chi connectivity index (χ3n) is 4.90. The SMILES string of the molecule is CCCC(CCCc1ccc(-c2ccc(OC3C=CC=CO3)c(F)c2)nc1)OC(C)=O. The summed E-state index contributed by atoms with van der Waals surface area (Å²) in [6, 6.07) is 8.65. The molecule has 0 radical (unpaired) electrons. The molecule has 1 aliphatic rings. The summed E-state index contributed by atoms with van der Waals surface area (Å²) in [5, 5.41) is 0. The molecule has 3 rings (SSSR count). The topological polar surface area (TPSA) is 57.6 Å². The predicted molar refractivity (Wildman–Crippen MR) is 117 cm³/mol. The highest BCUT2D eigenvalue weighted by molar-refractivity contribution is 5.66. The number of esters is 1. The summed E-state index contributed by atoms with van der Waals surface area (Å²) in [5.74, 6) is -0.574. The molecule has 31 heavy (non-hydrogen) atoms. The first-order valence-electron chi connectivity index (χ1n) is 10.6. The average Bonchev–Trinajstić information content (AvgIpc) is 2.76. The Bertz CT molecular complexity index is 924. The van der Waals surface area contributed by atoms with Crippen LogP contribution in [-0.2, 0) is 20.7 Å². The predicted octanol–water partition coefficient (Wildman–Crippen LogP) is 5.75. The van der Waals surface area contributed by atoms with E-state index in [1.807, 2.05) is 18.3 Å². The second-order valence-corrected chi connectivity index (χ2v) is 7.44. The van der Waals surface area contributed by atoms with E-state index in [0.29, 0.717) is 11.3 Å². The molecule has 0 saturated carbocycles. The van der Waals surface area contributed by atoms with Crippen molar-refractivity contribution in [2.75, 3.05) is 0 Å². The lowest BCUT2D eigenvalue weighted by molar-refractivity contribution is -0.147. The molecule has 0 N–H and O–H groups in total. The number of carbonyl (C=O) groups is 1. The highest BCUT2D eigenvalue weighted by atomic mass is 19.1. The lowest BCUT2D eigenvalue weighted by atomic mass is 10.0. The minimum Gasteiger partial charge on any atom is -0.463 e. The van der Waals surface area contributed by atoms with Gasteiger partial charge < -0.3 is 14.2 Å². The Hall–Kier alpha value is -3.15. The molecule has 1 aliphatic heterocycles. The molecule has 2 aromatic rings. The Morgan fingerprint density at radius 2 is 2.10 bits per heavy atom. The van der Waals surface area contributed by atoms with Gasteiger partial charge in [0.2, 0.25) is 0 Å². The molecule has 0 fully saturated rings. The van der Waals surface area contributed by atoms with Gasteiger partial charge in [-0.2, -0.15) is 0 Å². The van der Waals surface area contributed by atoms with Crippen LogP contribution in [-0.4, -0.2) is 23.3 Å². The number of pyridine rings is 1. The molecule has 2 heterocycles. The molecule has 0 spiro atoms. The summed E-state index contributed by atoms with van der Waals surface area (Å²) in [4.78, 5) is 15.7. The number of carbonyl (C=O) groups excluding carboxylic acids is 1. The van der Waals surface area contributed by atoms with Crippen molar-refractivity contribution in [1.82, 2.24) is 4.98 Å². The van der Waals surface area contributed by atoms with Crippen LogP contribution in [0.2, 0.25) is 0 Å². The van der Waals surface area contributed by atoms with Crippen molar-refractivity contribution >= 4 is 5.97 Å². The summed E-state index contributed by atoms with van der Waals surface area (Å²) in [7, 11) is 0. The number of nitrogens with zero attached hydrogens (tertiary/aromatic N) is 1. The number of aromatic nitrogens is 1. The van der Waals surface area contributed by atoms with Crippen LogP contribution in [0.1, 0.15) is 45.1 Å². The molecule has 0 bridgehead atoms. The van der Waals surface area contributed by atoms with Gasteiger partial charge in [0.1, 0.15) is 6.10 Å². The Kier molecular flexibility index (Phi) is 8.21. The maximum absolute atomic E-state index is 14.5. The van der Waals surface area contributed by atoms with Gasteiger partial charge in [-0.05, 0) is 67.7 Å². The van der Waals surface area contributed by atoms with Gasteiger partial charge in [0.05, 0.1) is 12.0 Å². The van der Waals surface area contributed by atoms with Crippen molar-refractivity contribution in [3.8, 4) is 17.0 Å². The second kappa shape index (κ2) is 11.3. The zero-order valence-electron chi connectivity index (χ0n) is 17.9. The summed E-state index contributed by atoms with van der Waals surface area (Å²) >= 11 is 0. The van der Waals surface area contributed by atoms with Crippen molar-refractivity contribution in [2.45, 2.75) is 58.3 Å². The number of ether oxygens (including phenoxy) is 3. The first-order chi connectivity index (χ1) is 15.0. The molecule has 0 amide bonds. The Morgan fingerprint density at radius 3 is 2.74 bits per heavy atom. The molecule has 1 aromatic heterocycles. The van der Waals surface area contributed by atoms with E-state index in [1.54, 1.807) is 30.4 Å². The van der Waals surface area contributed by atoms with E-state index in [0.717, 1.165) is 37.7 Å². The average molecular weight is 426 g/mol. The second-order valence-electron chi connectivity index (χ2n) is 7.44. The Balaban J connectivity index is 1.55. The monoisotopic (exact) mass is 425 g/mol. The zero-order chi connectivity index (χ0) is 22.1. The number of hydrogen-bond donors (Lipinski definition) is 0. The van der Waals surface area contributed by atoms with Gasteiger partial charge >= 0.3 is 5.97 Å². The highest BCUT2D eigenvalue weighted by Gasteiger charge is 2.14. The number of benzene rings is 1. The Labute approximate surface area is 182 Å². The maximum atomic E-state index is 14.5. The van der Waals surface area contributed by atoms with Crippen molar-refractivity contribution in [3.63, 3.8) is 0 Å². The van der Waals surface area contributed by atoms with Crippen LogP contribution in [0.25, 0.3) is 11.3 Å². The van der Waals surface area contributed by atoms with E-state index in [2.05, 4.69) is 11.9 Å². The summed E-state index contributed by atoms with van der Waals surface area (Å²) in [5.41, 5.74) is 2.46. The van der Waals surface area contributed by atoms with Gasteiger partial charge in [0.15, 0.2) is 11.6 Å². The van der Waals surface area contributed by atoms with Crippen molar-refractivity contribution in [3.05, 3.63) is 72.4 Å². The minimum atomic E-state index is -0.638. The van der Waals surface area contributed by atoms with E-state index in [1.165, 1.54) is 19.3 Å². The maximum Gasteiger partial charge on any atom is 0.302 e. The van der Waals surface area contributed by atoms with Crippen LogP contribution < -0.4 is 4.74 Å². The van der Waals surface area contributed by atoms with Crippen LogP contribution in [0.15, 0.2) is 61.0 Å². The molecular weight excluding hydrogens is 397 g/mol. The van der Waals surface area contributed by atoms with Crippen LogP contribution >= 0.6 is 0 Å². The summed E-state index contributed by atoms with van der Waals surface area (Å²) < 4.78 is 30.6. The normalized spacial score (nSPS) is 15.9. The largest absolute Gasteiger partial charge is 0.463 e. The lowest BCUT2D eigenvalue weighted by Crippen LogP contribution is -2.17. The molecule has 5 nitrogen and oxygen atoms in total. The fourth-order valence-electron chi connectivity index (χ4n) is 3.41. The molecule has 2 atom stereocenters. The standard InChI is InChI=1S/C25H28FNO4/c1-3-7-21(30-18(2)28)9-6-8-19-11-13-23(27-17-19)20-12-14-24(22(26)16-20)31-25-10-4-5-15-29-25/h4-5,10-17,21,25H,3,6-9H2,1-2H3. The quantitative estimate of drug-likeness (QED) is 0.454. The third-order valence-corrected chi connectivity index (χ3v) is 4.90. The van der Waals surface area contributed by atoms with E-state index in [4.69, 9.17) is 14.2 Å². The zero-order valence-corrected chi connectivity index (χ0v) is 17.9. The van der Waals surface area contributed by atoms with Gasteiger partial charge in [0, 0.05) is 18.7 Å². The number of halogens is 1. The number of aryl methyl sites for hydroxylation is 1. The summed E-state index contributed by atoms with van der Waals surface area (Å²) in [6.07, 6.45) is 12.3. The molecule has 0 saturated heterocycles. The molecule has 0 aliphatic carbocycles. The number of hydrogen-bond acceptors (Lipinski definition) is 5. The van der Waals surface area contributed by atoms with E-state index in [9.17, 15) is 9.18 Å². The van der Waals surface area contributed by atoms with Crippen LogP contribution in [0.3, 0.4) is 0 Å². The van der Waals surface area contributed by atoms with Crippen LogP contribution in [0, 0.1) is 5.82 Å². The molecule has 6 heteroatoms. The van der Waals surface area contributed by atoms with Gasteiger partial charge in [-0.1, -0.05) is 25.5 Å². The van der Waals surface area contributed by atoms with Gasteiger partial charge in [-0.3, -0.25) is 9.78 Å². The van der Waals surface area contributed by atoms with Crippen molar-refractivity contribution in [2.24, 2.45) is 0 Å². The molecule has 1 aromatic carbocycles. The summed E-state index contributed by atoms with van der Waals surface area (Å²) in [6.45, 7) is 3.53. The smallest absolute Gasteiger partial charge is 0.302 e. The first-order valence-corrected chi connectivity index (χ1v) is 10.6. The fourth-order valence-corrected chi connectivity index (χ4v) is 3.41. The number of rotatable bonds is 10. The molecular formula is C25H28FNO4. The van der Waals surface area contributed by atoms with E-state index >= 15 is 0 Å². The fraction of sp³-hybridized carbons (Fsp3) is 0.360. The van der Waals surface area contributed by atoms with E-state index < -0.39 is 12.1 Å². The first kappa shape index (κ1) is 22.5. The van der Waals surface area contributed by atoms with Gasteiger partial charge in [-0.25, -0.2) is 4.39 Å². The molecule has 164 valence electrons. The number of allylic oxidation sites excluding steroid dienone is 2. The lowest BCUT2D eigenvalue weighted by Gasteiger charge is -2.17. The van der Waals surface area contributed by atoms with Crippen molar-refractivity contribution in [1.29, 1.82) is 0 Å². The Morgan fingerprint density at radius 1 is 1.23 bits per heavy atom. The van der Waals surface area contributed by atoms with Crippen LogP contribution in [0.4, 0.5) is 4.39 Å². The minimum absolute atomic E-state index is 0.0241. The van der Waals surface area contributed by atoms with Gasteiger partial charge in [-0.15, -0.1) is 0 Å². The highest BCUT2D eigenvalue weighted by Crippen LogP contribution is 2.26.